The van der Waals surface area contributed by atoms with Gasteiger partial charge in [-0.25, -0.2) is 9.21 Å². The zero-order valence-electron chi connectivity index (χ0n) is 9.79. The lowest BCUT2D eigenvalue weighted by Crippen LogP contribution is -2.22. The topological polar surface area (TPSA) is 57.6 Å². The van der Waals surface area contributed by atoms with Gasteiger partial charge in [0.2, 0.25) is 0 Å². The Hall–Kier alpha value is -2.33. The molecular weight excluding hydrogens is 266 g/mol. The Morgan fingerprint density at radius 1 is 0.947 bits per heavy atom. The van der Waals surface area contributed by atoms with Crippen molar-refractivity contribution in [2.24, 2.45) is 0 Å². The van der Waals surface area contributed by atoms with Gasteiger partial charge in [-0.1, -0.05) is 30.3 Å². The zero-order chi connectivity index (χ0) is 13.8. The third kappa shape index (κ3) is 2.74. The van der Waals surface area contributed by atoms with Gasteiger partial charge in [-0.15, -0.1) is 0 Å². The summed E-state index contributed by atoms with van der Waals surface area (Å²) in [7, 11) is 0. The fourth-order valence-electron chi connectivity index (χ4n) is 1.63. The van der Waals surface area contributed by atoms with Gasteiger partial charge in [-0.3, -0.25) is 4.79 Å². The lowest BCUT2D eigenvalue weighted by Gasteiger charge is -2.16. The van der Waals surface area contributed by atoms with Crippen molar-refractivity contribution in [3.63, 3.8) is 0 Å². The second-order valence-electron chi connectivity index (χ2n) is 3.77. The molecule has 0 unspecified atom stereocenters. The van der Waals surface area contributed by atoms with Gasteiger partial charge in [0.1, 0.15) is 0 Å². The van der Waals surface area contributed by atoms with Gasteiger partial charge in [-0.2, -0.15) is 0 Å². The first kappa shape index (κ1) is 13.1. The van der Waals surface area contributed by atoms with E-state index in [-0.39, 0.29) is 11.3 Å². The fraction of sp³-hybridized carbons (Fsp3) is 0. The number of carbonyl (C=O) groups is 2. The minimum absolute atomic E-state index is 0.0261. The number of hydrogen-bond donors (Lipinski definition) is 1. The van der Waals surface area contributed by atoms with Crippen LogP contribution in [0.1, 0.15) is 20.7 Å². The van der Waals surface area contributed by atoms with Gasteiger partial charge in [0, 0.05) is 17.3 Å². The predicted molar refractivity (Wildman–Crippen MR) is 72.5 cm³/mol. The Morgan fingerprint density at radius 2 is 1.53 bits per heavy atom. The van der Waals surface area contributed by atoms with Crippen LogP contribution in [0.15, 0.2) is 54.6 Å². The van der Waals surface area contributed by atoms with Crippen LogP contribution in [0.3, 0.4) is 0 Å². The van der Waals surface area contributed by atoms with Crippen LogP contribution in [0.25, 0.3) is 0 Å². The maximum atomic E-state index is 12.1. The standard InChI is InChI=1S/C14H10ClNO3/c15-16(13(17)10-6-2-1-3-7-10)12-9-5-4-8-11(12)14(18)19/h1-9H,(H,18,19). The highest BCUT2D eigenvalue weighted by Crippen LogP contribution is 2.24. The second-order valence-corrected chi connectivity index (χ2v) is 4.11. The summed E-state index contributed by atoms with van der Waals surface area (Å²) in [6.07, 6.45) is 0. The van der Waals surface area contributed by atoms with Crippen molar-refractivity contribution in [3.05, 3.63) is 65.7 Å². The van der Waals surface area contributed by atoms with Gasteiger partial charge in [0.15, 0.2) is 0 Å². The molecular formula is C14H10ClNO3. The molecule has 0 spiro atoms. The molecule has 0 saturated carbocycles. The summed E-state index contributed by atoms with van der Waals surface area (Å²) in [5.74, 6) is -1.61. The van der Waals surface area contributed by atoms with E-state index >= 15 is 0 Å². The Bertz CT molecular complexity index is 613. The first-order valence-electron chi connectivity index (χ1n) is 5.49. The number of benzene rings is 2. The average Bonchev–Trinajstić information content (AvgIpc) is 2.46. The van der Waals surface area contributed by atoms with E-state index in [2.05, 4.69) is 0 Å². The molecule has 0 radical (unpaired) electrons. The van der Waals surface area contributed by atoms with E-state index in [1.165, 1.54) is 12.1 Å². The number of nitrogens with zero attached hydrogens (tertiary/aromatic N) is 1. The summed E-state index contributed by atoms with van der Waals surface area (Å²) in [6, 6.07) is 14.5. The van der Waals surface area contributed by atoms with E-state index in [1.807, 2.05) is 0 Å². The minimum Gasteiger partial charge on any atom is -0.478 e. The normalized spacial score (nSPS) is 9.95. The molecule has 2 aromatic carbocycles. The summed E-state index contributed by atoms with van der Waals surface area (Å²) in [5.41, 5.74) is 0.505. The number of aromatic carboxylic acids is 1. The third-order valence-corrected chi connectivity index (χ3v) is 2.88. The Balaban J connectivity index is 2.38. The molecule has 0 aromatic heterocycles. The summed E-state index contributed by atoms with van der Waals surface area (Å²) >= 11 is 5.96. The van der Waals surface area contributed by atoms with Crippen molar-refractivity contribution >= 4 is 29.3 Å². The zero-order valence-corrected chi connectivity index (χ0v) is 10.5. The van der Waals surface area contributed by atoms with E-state index in [4.69, 9.17) is 16.9 Å². The molecule has 4 nitrogen and oxygen atoms in total. The summed E-state index contributed by atoms with van der Waals surface area (Å²) < 4.78 is 0.818. The van der Waals surface area contributed by atoms with E-state index in [0.29, 0.717) is 5.56 Å². The van der Waals surface area contributed by atoms with Gasteiger partial charge >= 0.3 is 5.97 Å². The van der Waals surface area contributed by atoms with E-state index in [0.717, 1.165) is 4.42 Å². The van der Waals surface area contributed by atoms with Crippen molar-refractivity contribution in [1.29, 1.82) is 0 Å². The highest BCUT2D eigenvalue weighted by Gasteiger charge is 2.20. The Kier molecular flexibility index (Phi) is 3.82. The number of carbonyl (C=O) groups excluding carboxylic acids is 1. The van der Waals surface area contributed by atoms with E-state index in [9.17, 15) is 9.59 Å². The molecule has 96 valence electrons. The number of anilines is 1. The first-order chi connectivity index (χ1) is 9.11. The van der Waals surface area contributed by atoms with Gasteiger partial charge < -0.3 is 5.11 Å². The third-order valence-electron chi connectivity index (χ3n) is 2.55. The largest absolute Gasteiger partial charge is 0.478 e. The van der Waals surface area contributed by atoms with Crippen LogP contribution in [0.4, 0.5) is 5.69 Å². The second kappa shape index (κ2) is 5.54. The minimum atomic E-state index is -1.14. The van der Waals surface area contributed by atoms with Gasteiger partial charge in [-0.05, 0) is 24.3 Å². The van der Waals surface area contributed by atoms with Crippen LogP contribution in [0.2, 0.25) is 0 Å². The van der Waals surface area contributed by atoms with E-state index in [1.54, 1.807) is 42.5 Å². The molecule has 1 amide bonds. The van der Waals surface area contributed by atoms with Crippen LogP contribution in [0.5, 0.6) is 0 Å². The van der Waals surface area contributed by atoms with Crippen molar-refractivity contribution in [2.75, 3.05) is 4.42 Å². The first-order valence-corrected chi connectivity index (χ1v) is 5.82. The number of carboxylic acids is 1. The van der Waals surface area contributed by atoms with Crippen molar-refractivity contribution in [2.45, 2.75) is 0 Å². The molecule has 1 N–H and O–H groups in total. The highest BCUT2D eigenvalue weighted by atomic mass is 35.5. The lowest BCUT2D eigenvalue weighted by molar-refractivity contribution is 0.0698. The molecule has 19 heavy (non-hydrogen) atoms. The average molecular weight is 276 g/mol. The molecule has 0 bridgehead atoms. The number of amides is 1. The number of hydrogen-bond acceptors (Lipinski definition) is 2. The lowest BCUT2D eigenvalue weighted by atomic mass is 10.1. The summed E-state index contributed by atoms with van der Waals surface area (Å²) in [5, 5.41) is 9.07. The van der Waals surface area contributed by atoms with Crippen molar-refractivity contribution in [1.82, 2.24) is 0 Å². The highest BCUT2D eigenvalue weighted by molar-refractivity contribution is 6.40. The SMILES string of the molecule is O=C(O)c1ccccc1N(Cl)C(=O)c1ccccc1. The fourth-order valence-corrected chi connectivity index (χ4v) is 1.87. The van der Waals surface area contributed by atoms with Gasteiger partial charge in [0.05, 0.1) is 11.3 Å². The van der Waals surface area contributed by atoms with Crippen LogP contribution in [-0.2, 0) is 0 Å². The van der Waals surface area contributed by atoms with Crippen molar-refractivity contribution in [3.8, 4) is 0 Å². The molecule has 2 aromatic rings. The van der Waals surface area contributed by atoms with Crippen LogP contribution >= 0.6 is 11.8 Å². The molecule has 0 aliphatic heterocycles. The molecule has 0 fully saturated rings. The van der Waals surface area contributed by atoms with Crippen LogP contribution in [-0.4, -0.2) is 17.0 Å². The predicted octanol–water partition coefficient (Wildman–Crippen LogP) is 3.19. The monoisotopic (exact) mass is 275 g/mol. The molecule has 5 heteroatoms. The molecule has 0 atom stereocenters. The molecule has 0 heterocycles. The number of para-hydroxylation sites is 1. The van der Waals surface area contributed by atoms with Crippen LogP contribution in [0, 0.1) is 0 Å². The maximum absolute atomic E-state index is 12.1. The molecule has 2 rings (SSSR count). The van der Waals surface area contributed by atoms with Crippen molar-refractivity contribution < 1.29 is 14.7 Å². The van der Waals surface area contributed by atoms with Crippen LogP contribution < -0.4 is 4.42 Å². The molecule has 0 aliphatic carbocycles. The molecule has 0 saturated heterocycles. The number of halogens is 1. The Labute approximate surface area is 115 Å². The quantitative estimate of drug-likeness (QED) is 0.875. The van der Waals surface area contributed by atoms with Gasteiger partial charge in [0.25, 0.3) is 5.91 Å². The summed E-state index contributed by atoms with van der Waals surface area (Å²) in [6.45, 7) is 0. The maximum Gasteiger partial charge on any atom is 0.337 e. The number of carboxylic acid groups (broad SMARTS) is 1. The number of rotatable bonds is 3. The van der Waals surface area contributed by atoms with E-state index < -0.39 is 11.9 Å². The smallest absolute Gasteiger partial charge is 0.337 e. The summed E-state index contributed by atoms with van der Waals surface area (Å²) in [4.78, 5) is 23.2. The Morgan fingerprint density at radius 3 is 2.16 bits per heavy atom. The molecule has 0 aliphatic rings.